The molecule has 0 amide bonds. The minimum Gasteiger partial charge on any atom is -0.384 e. The molecular weight excluding hydrogens is 190 g/mol. The maximum Gasteiger partial charge on any atom is 0.0553 e. The molecule has 1 rings (SSSR count). The summed E-state index contributed by atoms with van der Waals surface area (Å²) in [6.07, 6.45) is 0. The van der Waals surface area contributed by atoms with Crippen LogP contribution >= 0.6 is 0 Å². The lowest BCUT2D eigenvalue weighted by Crippen LogP contribution is -2.23. The summed E-state index contributed by atoms with van der Waals surface area (Å²) in [4.78, 5) is 0. The normalized spacial score (nSPS) is 11.7. The summed E-state index contributed by atoms with van der Waals surface area (Å²) in [6.45, 7) is 5.43. The quantitative estimate of drug-likeness (QED) is 0.730. The van der Waals surface area contributed by atoms with Gasteiger partial charge in [0.25, 0.3) is 0 Å². The summed E-state index contributed by atoms with van der Waals surface area (Å²) in [5.74, 6) is 0. The number of nitrogens with one attached hydrogen (secondary N) is 1. The molecule has 3 nitrogen and oxygen atoms in total. The Labute approximate surface area is 91.0 Å². The second kappa shape index (κ2) is 5.26. The average molecular weight is 209 g/mol. The van der Waals surface area contributed by atoms with Gasteiger partial charge in [-0.15, -0.1) is 0 Å². The van der Waals surface area contributed by atoms with Crippen LogP contribution in [0.25, 0.3) is 0 Å². The molecule has 2 N–H and O–H groups in total. The van der Waals surface area contributed by atoms with Crippen LogP contribution in [0.3, 0.4) is 0 Å². The van der Waals surface area contributed by atoms with Crippen molar-refractivity contribution in [3.05, 3.63) is 35.4 Å². The van der Waals surface area contributed by atoms with Crippen molar-refractivity contribution in [3.8, 4) is 0 Å². The van der Waals surface area contributed by atoms with Crippen molar-refractivity contribution in [2.75, 3.05) is 13.7 Å². The molecule has 0 atom stereocenters. The highest BCUT2D eigenvalue weighted by atomic mass is 16.5. The number of methoxy groups -OCH3 is 1. The van der Waals surface area contributed by atoms with E-state index in [9.17, 15) is 0 Å². The fourth-order valence-corrected chi connectivity index (χ4v) is 1.64. The first-order chi connectivity index (χ1) is 7.10. The van der Waals surface area contributed by atoms with E-state index in [0.29, 0.717) is 13.2 Å². The van der Waals surface area contributed by atoms with Gasteiger partial charge < -0.3 is 9.94 Å². The number of ether oxygens (including phenoxy) is 1. The molecule has 1 aromatic rings. The molecule has 0 spiro atoms. The maximum atomic E-state index is 8.64. The summed E-state index contributed by atoms with van der Waals surface area (Å²) in [6, 6.07) is 8.15. The van der Waals surface area contributed by atoms with Crippen molar-refractivity contribution in [1.82, 2.24) is 5.48 Å². The molecular formula is C12H19NO2. The highest BCUT2D eigenvalue weighted by molar-refractivity contribution is 5.29. The third-order valence-electron chi connectivity index (χ3n) is 2.50. The Morgan fingerprint density at radius 3 is 2.73 bits per heavy atom. The number of benzene rings is 1. The van der Waals surface area contributed by atoms with Crippen LogP contribution in [0.5, 0.6) is 0 Å². The van der Waals surface area contributed by atoms with Crippen LogP contribution in [0.15, 0.2) is 24.3 Å². The monoisotopic (exact) mass is 209 g/mol. The van der Waals surface area contributed by atoms with Crippen LogP contribution in [0, 0.1) is 0 Å². The Kier molecular flexibility index (Phi) is 4.27. The first-order valence-electron chi connectivity index (χ1n) is 5.05. The van der Waals surface area contributed by atoms with Crippen molar-refractivity contribution < 1.29 is 9.94 Å². The minimum absolute atomic E-state index is 0.000214. The number of rotatable bonds is 5. The molecule has 0 radical (unpaired) electrons. The second-order valence-corrected chi connectivity index (χ2v) is 4.35. The van der Waals surface area contributed by atoms with Gasteiger partial charge in [0.2, 0.25) is 0 Å². The van der Waals surface area contributed by atoms with Gasteiger partial charge >= 0.3 is 0 Å². The molecule has 1 aromatic carbocycles. The van der Waals surface area contributed by atoms with E-state index in [2.05, 4.69) is 31.5 Å². The highest BCUT2D eigenvalue weighted by Crippen LogP contribution is 2.24. The summed E-state index contributed by atoms with van der Waals surface area (Å²) >= 11 is 0. The standard InChI is InChI=1S/C12H19NO2/c1-12(2,9-15-3)11-6-4-5-10(7-11)8-13-14/h4-7,13-14H,8-9H2,1-3H3. The van der Waals surface area contributed by atoms with E-state index in [0.717, 1.165) is 5.56 Å². The molecule has 0 aliphatic rings. The van der Waals surface area contributed by atoms with Gasteiger partial charge in [-0.05, 0) is 11.1 Å². The van der Waals surface area contributed by atoms with E-state index in [4.69, 9.17) is 9.94 Å². The topological polar surface area (TPSA) is 41.5 Å². The van der Waals surface area contributed by atoms with Gasteiger partial charge in [-0.1, -0.05) is 38.1 Å². The lowest BCUT2D eigenvalue weighted by atomic mass is 9.85. The molecule has 0 heterocycles. The average Bonchev–Trinajstić information content (AvgIpc) is 2.19. The highest BCUT2D eigenvalue weighted by Gasteiger charge is 2.20. The summed E-state index contributed by atoms with van der Waals surface area (Å²) in [5.41, 5.74) is 4.45. The fourth-order valence-electron chi connectivity index (χ4n) is 1.64. The van der Waals surface area contributed by atoms with Crippen molar-refractivity contribution in [1.29, 1.82) is 0 Å². The zero-order valence-corrected chi connectivity index (χ0v) is 9.58. The van der Waals surface area contributed by atoms with Crippen molar-refractivity contribution in [3.63, 3.8) is 0 Å². The zero-order chi connectivity index (χ0) is 11.3. The van der Waals surface area contributed by atoms with Crippen molar-refractivity contribution in [2.24, 2.45) is 0 Å². The van der Waals surface area contributed by atoms with Crippen molar-refractivity contribution in [2.45, 2.75) is 25.8 Å². The van der Waals surface area contributed by atoms with Gasteiger partial charge in [-0.25, -0.2) is 5.48 Å². The van der Waals surface area contributed by atoms with Gasteiger partial charge in [0.15, 0.2) is 0 Å². The molecule has 0 aliphatic heterocycles. The van der Waals surface area contributed by atoms with E-state index in [1.54, 1.807) is 7.11 Å². The molecule has 0 fully saturated rings. The fraction of sp³-hybridized carbons (Fsp3) is 0.500. The Morgan fingerprint density at radius 1 is 1.40 bits per heavy atom. The van der Waals surface area contributed by atoms with Crippen LogP contribution in [0.4, 0.5) is 0 Å². The van der Waals surface area contributed by atoms with E-state index >= 15 is 0 Å². The van der Waals surface area contributed by atoms with Gasteiger partial charge in [-0.2, -0.15) is 0 Å². The second-order valence-electron chi connectivity index (χ2n) is 4.35. The zero-order valence-electron chi connectivity index (χ0n) is 9.58. The predicted octanol–water partition coefficient (Wildman–Crippen LogP) is 2.09. The van der Waals surface area contributed by atoms with Gasteiger partial charge in [0.1, 0.15) is 0 Å². The molecule has 0 aromatic heterocycles. The molecule has 3 heteroatoms. The molecule has 0 saturated heterocycles. The summed E-state index contributed by atoms with van der Waals surface area (Å²) < 4.78 is 5.20. The first kappa shape index (κ1) is 12.2. The van der Waals surface area contributed by atoms with Crippen LogP contribution in [0.2, 0.25) is 0 Å². The van der Waals surface area contributed by atoms with Gasteiger partial charge in [0.05, 0.1) is 6.61 Å². The Balaban J connectivity index is 2.88. The molecule has 0 bridgehead atoms. The molecule has 15 heavy (non-hydrogen) atoms. The predicted molar refractivity (Wildman–Crippen MR) is 60.0 cm³/mol. The van der Waals surface area contributed by atoms with Crippen LogP contribution in [0.1, 0.15) is 25.0 Å². The molecule has 0 aliphatic carbocycles. The van der Waals surface area contributed by atoms with E-state index in [1.165, 1.54) is 5.56 Å². The van der Waals surface area contributed by atoms with Gasteiger partial charge in [0, 0.05) is 19.1 Å². The lowest BCUT2D eigenvalue weighted by molar-refractivity contribution is 0.146. The smallest absolute Gasteiger partial charge is 0.0553 e. The third-order valence-corrected chi connectivity index (χ3v) is 2.50. The van der Waals surface area contributed by atoms with Crippen LogP contribution < -0.4 is 5.48 Å². The Morgan fingerprint density at radius 2 is 2.13 bits per heavy atom. The van der Waals surface area contributed by atoms with E-state index < -0.39 is 0 Å². The third kappa shape index (κ3) is 3.30. The minimum atomic E-state index is 0.000214. The Bertz CT molecular complexity index is 310. The molecule has 0 saturated carbocycles. The van der Waals surface area contributed by atoms with Crippen LogP contribution in [-0.2, 0) is 16.7 Å². The van der Waals surface area contributed by atoms with Crippen molar-refractivity contribution >= 4 is 0 Å². The van der Waals surface area contributed by atoms with Gasteiger partial charge in [-0.3, -0.25) is 0 Å². The largest absolute Gasteiger partial charge is 0.384 e. The van der Waals surface area contributed by atoms with E-state index in [1.807, 2.05) is 12.1 Å². The summed E-state index contributed by atoms with van der Waals surface area (Å²) in [7, 11) is 1.71. The number of hydrogen-bond donors (Lipinski definition) is 2. The number of hydrogen-bond acceptors (Lipinski definition) is 3. The Hall–Kier alpha value is -0.900. The molecule has 0 unspecified atom stereocenters. The number of hydroxylamine groups is 1. The molecule has 84 valence electrons. The lowest BCUT2D eigenvalue weighted by Gasteiger charge is -2.24. The first-order valence-corrected chi connectivity index (χ1v) is 5.05. The van der Waals surface area contributed by atoms with E-state index in [-0.39, 0.29) is 5.41 Å². The van der Waals surface area contributed by atoms with Crippen LogP contribution in [-0.4, -0.2) is 18.9 Å². The summed E-state index contributed by atoms with van der Waals surface area (Å²) in [5, 5.41) is 8.64. The maximum absolute atomic E-state index is 8.64. The SMILES string of the molecule is COCC(C)(C)c1cccc(CNO)c1.